The Bertz CT molecular complexity index is 827. The van der Waals surface area contributed by atoms with Gasteiger partial charge in [0, 0.05) is 11.1 Å². The summed E-state index contributed by atoms with van der Waals surface area (Å²) in [6.07, 6.45) is 3.02. The highest BCUT2D eigenvalue weighted by Gasteiger charge is 2.15. The fourth-order valence-electron chi connectivity index (χ4n) is 1.93. The highest BCUT2D eigenvalue weighted by molar-refractivity contribution is 7.18. The Labute approximate surface area is 129 Å². The molecule has 0 aliphatic carbocycles. The average Bonchev–Trinajstić information content (AvgIpc) is 3.03. The summed E-state index contributed by atoms with van der Waals surface area (Å²) in [6.45, 7) is 4.05. The first-order valence-corrected chi connectivity index (χ1v) is 7.43. The maximum Gasteiger partial charge on any atom is 0.341 e. The molecule has 0 bridgehead atoms. The minimum Gasteiger partial charge on any atom is -0.462 e. The van der Waals surface area contributed by atoms with E-state index in [9.17, 15) is 4.79 Å². The van der Waals surface area contributed by atoms with Crippen LogP contribution in [-0.4, -0.2) is 32.3 Å². The molecule has 0 atom stereocenters. The monoisotopic (exact) mass is 322 g/mol. The summed E-state index contributed by atoms with van der Waals surface area (Å²) in [5.41, 5.74) is 0.367. The molecule has 0 aliphatic rings. The zero-order chi connectivity index (χ0) is 15.0. The van der Waals surface area contributed by atoms with Crippen LogP contribution >= 0.6 is 22.9 Å². The standard InChI is InChI=1S/C13H11ClN4O2S/c1-3-20-12(19)8-5-15-18(6-8)10-9-4-7(2)21-11(9)17-13(14)16-10/h4-6H,3H2,1-2H3. The van der Waals surface area contributed by atoms with Crippen molar-refractivity contribution in [3.05, 3.63) is 34.2 Å². The highest BCUT2D eigenvalue weighted by Crippen LogP contribution is 2.28. The number of carbonyl (C=O) groups is 1. The van der Waals surface area contributed by atoms with Crippen molar-refractivity contribution in [3.63, 3.8) is 0 Å². The van der Waals surface area contributed by atoms with Gasteiger partial charge in [0.2, 0.25) is 5.28 Å². The van der Waals surface area contributed by atoms with Crippen LogP contribution in [0.2, 0.25) is 5.28 Å². The van der Waals surface area contributed by atoms with Gasteiger partial charge in [0.25, 0.3) is 0 Å². The Morgan fingerprint density at radius 2 is 2.29 bits per heavy atom. The number of hydrogen-bond acceptors (Lipinski definition) is 6. The third kappa shape index (κ3) is 2.62. The van der Waals surface area contributed by atoms with E-state index in [2.05, 4.69) is 15.1 Å². The van der Waals surface area contributed by atoms with Gasteiger partial charge >= 0.3 is 5.97 Å². The smallest absolute Gasteiger partial charge is 0.341 e. The van der Waals surface area contributed by atoms with E-state index in [1.165, 1.54) is 22.2 Å². The topological polar surface area (TPSA) is 69.9 Å². The predicted molar refractivity (Wildman–Crippen MR) is 80.2 cm³/mol. The van der Waals surface area contributed by atoms with Gasteiger partial charge in [0.15, 0.2) is 5.82 Å². The Hall–Kier alpha value is -1.99. The first-order valence-electron chi connectivity index (χ1n) is 6.24. The lowest BCUT2D eigenvalue weighted by Gasteiger charge is -2.02. The lowest BCUT2D eigenvalue weighted by atomic mass is 10.3. The van der Waals surface area contributed by atoms with Crippen LogP contribution in [0, 0.1) is 6.92 Å². The van der Waals surface area contributed by atoms with Crippen LogP contribution in [-0.2, 0) is 4.74 Å². The van der Waals surface area contributed by atoms with E-state index in [0.29, 0.717) is 18.0 Å². The number of ether oxygens (including phenoxy) is 1. The van der Waals surface area contributed by atoms with Crippen LogP contribution in [0.4, 0.5) is 0 Å². The molecule has 0 radical (unpaired) electrons. The molecule has 3 aromatic heterocycles. The predicted octanol–water partition coefficient (Wildman–Crippen LogP) is 3.02. The highest BCUT2D eigenvalue weighted by atomic mass is 35.5. The molecule has 3 aromatic rings. The Balaban J connectivity index is 2.10. The molecule has 0 unspecified atom stereocenters. The maximum atomic E-state index is 11.7. The van der Waals surface area contributed by atoms with Gasteiger partial charge in [0.05, 0.1) is 23.8 Å². The first-order chi connectivity index (χ1) is 10.1. The van der Waals surface area contributed by atoms with Gasteiger partial charge in [-0.2, -0.15) is 10.1 Å². The third-order valence-electron chi connectivity index (χ3n) is 2.78. The molecule has 3 rings (SSSR count). The van der Waals surface area contributed by atoms with Gasteiger partial charge in [-0.05, 0) is 31.5 Å². The number of hydrogen-bond donors (Lipinski definition) is 0. The zero-order valence-electron chi connectivity index (χ0n) is 11.3. The zero-order valence-corrected chi connectivity index (χ0v) is 12.9. The molecule has 0 spiro atoms. The van der Waals surface area contributed by atoms with Crippen molar-refractivity contribution >= 4 is 39.1 Å². The minimum atomic E-state index is -0.415. The second kappa shape index (κ2) is 5.42. The van der Waals surface area contributed by atoms with Crippen molar-refractivity contribution in [3.8, 4) is 5.82 Å². The molecule has 3 heterocycles. The minimum absolute atomic E-state index is 0.146. The van der Waals surface area contributed by atoms with E-state index in [0.717, 1.165) is 15.1 Å². The number of carbonyl (C=O) groups excluding carboxylic acids is 1. The van der Waals surface area contributed by atoms with Crippen molar-refractivity contribution in [2.45, 2.75) is 13.8 Å². The summed E-state index contributed by atoms with van der Waals surface area (Å²) < 4.78 is 6.45. The quantitative estimate of drug-likeness (QED) is 0.547. The molecular formula is C13H11ClN4O2S. The fourth-order valence-corrected chi connectivity index (χ4v) is 3.02. The number of aryl methyl sites for hydroxylation is 1. The third-order valence-corrected chi connectivity index (χ3v) is 3.89. The molecule has 0 amide bonds. The van der Waals surface area contributed by atoms with Crippen molar-refractivity contribution in [1.29, 1.82) is 0 Å². The SMILES string of the molecule is CCOC(=O)c1cnn(-c2nc(Cl)nc3sc(C)cc23)c1. The van der Waals surface area contributed by atoms with Gasteiger partial charge in [-0.25, -0.2) is 14.5 Å². The number of halogens is 1. The summed E-state index contributed by atoms with van der Waals surface area (Å²) in [5.74, 6) is 0.131. The molecule has 21 heavy (non-hydrogen) atoms. The Morgan fingerprint density at radius 1 is 1.48 bits per heavy atom. The molecule has 0 fully saturated rings. The van der Waals surface area contributed by atoms with E-state index in [1.54, 1.807) is 13.1 Å². The summed E-state index contributed by atoms with van der Waals surface area (Å²) in [7, 11) is 0. The van der Waals surface area contributed by atoms with Crippen LogP contribution in [0.5, 0.6) is 0 Å². The molecular weight excluding hydrogens is 312 g/mol. The number of nitrogens with zero attached hydrogens (tertiary/aromatic N) is 4. The normalized spacial score (nSPS) is 11.0. The van der Waals surface area contributed by atoms with E-state index >= 15 is 0 Å². The van der Waals surface area contributed by atoms with Gasteiger partial charge in [-0.1, -0.05) is 0 Å². The lowest BCUT2D eigenvalue weighted by molar-refractivity contribution is 0.0526. The maximum absolute atomic E-state index is 11.7. The van der Waals surface area contributed by atoms with Crippen LogP contribution in [0.15, 0.2) is 18.5 Å². The molecule has 6 nitrogen and oxygen atoms in total. The molecule has 0 aromatic carbocycles. The second-order valence-corrected chi connectivity index (χ2v) is 5.86. The number of esters is 1. The fraction of sp³-hybridized carbons (Fsp3) is 0.231. The molecule has 0 saturated heterocycles. The van der Waals surface area contributed by atoms with Crippen LogP contribution in [0.1, 0.15) is 22.2 Å². The van der Waals surface area contributed by atoms with Crippen LogP contribution < -0.4 is 0 Å². The molecule has 0 N–H and O–H groups in total. The van der Waals surface area contributed by atoms with Gasteiger partial charge < -0.3 is 4.74 Å². The Kier molecular flexibility index (Phi) is 3.60. The lowest BCUT2D eigenvalue weighted by Crippen LogP contribution is -2.03. The molecule has 0 saturated carbocycles. The van der Waals surface area contributed by atoms with E-state index in [4.69, 9.17) is 16.3 Å². The van der Waals surface area contributed by atoms with E-state index in [1.807, 2.05) is 13.0 Å². The molecule has 108 valence electrons. The van der Waals surface area contributed by atoms with Crippen LogP contribution in [0.3, 0.4) is 0 Å². The van der Waals surface area contributed by atoms with Crippen molar-refractivity contribution in [2.75, 3.05) is 6.61 Å². The largest absolute Gasteiger partial charge is 0.462 e. The van der Waals surface area contributed by atoms with Crippen molar-refractivity contribution < 1.29 is 9.53 Å². The van der Waals surface area contributed by atoms with Gasteiger partial charge in [0.1, 0.15) is 4.83 Å². The Morgan fingerprint density at radius 3 is 3.05 bits per heavy atom. The van der Waals surface area contributed by atoms with E-state index in [-0.39, 0.29) is 5.28 Å². The van der Waals surface area contributed by atoms with E-state index < -0.39 is 5.97 Å². The first kappa shape index (κ1) is 14.0. The number of thiophene rings is 1. The summed E-state index contributed by atoms with van der Waals surface area (Å²) >= 11 is 7.48. The van der Waals surface area contributed by atoms with Gasteiger partial charge in [-0.3, -0.25) is 0 Å². The van der Waals surface area contributed by atoms with Crippen molar-refractivity contribution in [2.24, 2.45) is 0 Å². The number of rotatable bonds is 3. The summed E-state index contributed by atoms with van der Waals surface area (Å²) in [4.78, 5) is 22.0. The van der Waals surface area contributed by atoms with Crippen LogP contribution in [0.25, 0.3) is 16.0 Å². The number of aromatic nitrogens is 4. The van der Waals surface area contributed by atoms with Crippen molar-refractivity contribution in [1.82, 2.24) is 19.7 Å². The molecule has 0 aliphatic heterocycles. The summed E-state index contributed by atoms with van der Waals surface area (Å²) in [6, 6.07) is 1.97. The average molecular weight is 323 g/mol. The molecule has 8 heteroatoms. The second-order valence-electron chi connectivity index (χ2n) is 4.29. The number of fused-ring (bicyclic) bond motifs is 1. The van der Waals surface area contributed by atoms with Gasteiger partial charge in [-0.15, -0.1) is 11.3 Å². The summed E-state index contributed by atoms with van der Waals surface area (Å²) in [5, 5.41) is 5.16.